The van der Waals surface area contributed by atoms with Crippen molar-refractivity contribution in [3.05, 3.63) is 17.7 Å². The number of amides is 1. The van der Waals surface area contributed by atoms with Gasteiger partial charge in [0.05, 0.1) is 30.5 Å². The predicted molar refractivity (Wildman–Crippen MR) is 80.2 cm³/mol. The number of benzene rings is 1. The van der Waals surface area contributed by atoms with Gasteiger partial charge in [0.25, 0.3) is 5.91 Å². The van der Waals surface area contributed by atoms with E-state index in [1.54, 1.807) is 0 Å². The van der Waals surface area contributed by atoms with Gasteiger partial charge in [-0.15, -0.1) is 0 Å². The molecule has 1 aromatic heterocycles. The molecule has 1 saturated heterocycles. The van der Waals surface area contributed by atoms with E-state index in [4.69, 9.17) is 0 Å². The summed E-state index contributed by atoms with van der Waals surface area (Å²) >= 11 is 1.18. The smallest absolute Gasteiger partial charge is 0.279 e. The van der Waals surface area contributed by atoms with Crippen LogP contribution in [0.1, 0.15) is 24.8 Å². The lowest BCUT2D eigenvalue weighted by Gasteiger charge is -2.23. The van der Waals surface area contributed by atoms with Gasteiger partial charge in [0.2, 0.25) is 0 Å². The Hall–Kier alpha value is -1.53. The minimum Gasteiger partial charge on any atom is -0.327 e. The number of quaternary nitrogens is 1. The van der Waals surface area contributed by atoms with Crippen LogP contribution in [0.4, 0.5) is 5.69 Å². The highest BCUT2D eigenvalue weighted by Crippen LogP contribution is 2.25. The molecule has 1 aliphatic heterocycles. The second-order valence-corrected chi connectivity index (χ2v) is 5.95. The maximum Gasteiger partial charge on any atom is 0.279 e. The molecule has 0 radical (unpaired) electrons. The van der Waals surface area contributed by atoms with Crippen LogP contribution in [-0.2, 0) is 4.79 Å². The van der Waals surface area contributed by atoms with E-state index < -0.39 is 0 Å². The molecule has 0 unspecified atom stereocenters. The molecule has 5 nitrogen and oxygen atoms in total. The highest BCUT2D eigenvalue weighted by Gasteiger charge is 2.19. The maximum atomic E-state index is 12.2. The van der Waals surface area contributed by atoms with Gasteiger partial charge in [0.1, 0.15) is 11.0 Å². The topological polar surface area (TPSA) is 59.3 Å². The summed E-state index contributed by atoms with van der Waals surface area (Å²) in [6.45, 7) is 4.75. The average Bonchev–Trinajstić information content (AvgIpc) is 2.92. The molecule has 2 N–H and O–H groups in total. The zero-order valence-electron chi connectivity index (χ0n) is 11.6. The maximum absolute atomic E-state index is 12.2. The minimum atomic E-state index is 0.0745. The number of anilines is 1. The number of hydrogen-bond acceptors (Lipinski definition) is 4. The number of nitrogens with zero attached hydrogens (tertiary/aromatic N) is 2. The Balaban J connectivity index is 1.73. The zero-order chi connectivity index (χ0) is 13.9. The Kier molecular flexibility index (Phi) is 3.93. The number of rotatable bonds is 3. The first-order valence-electron chi connectivity index (χ1n) is 7.09. The Morgan fingerprint density at radius 1 is 1.30 bits per heavy atom. The first-order chi connectivity index (χ1) is 9.74. The van der Waals surface area contributed by atoms with Crippen molar-refractivity contribution >= 4 is 34.4 Å². The third-order valence-corrected chi connectivity index (χ3v) is 4.41. The number of likely N-dealkylation sites (tertiary alicyclic amines) is 1. The summed E-state index contributed by atoms with van der Waals surface area (Å²) in [5.41, 5.74) is 3.50. The number of aryl methyl sites for hydroxylation is 1. The van der Waals surface area contributed by atoms with Crippen molar-refractivity contribution in [2.75, 3.05) is 25.0 Å². The van der Waals surface area contributed by atoms with Gasteiger partial charge in [-0.25, -0.2) is 0 Å². The molecule has 3 rings (SSSR count). The second kappa shape index (κ2) is 5.85. The van der Waals surface area contributed by atoms with Crippen molar-refractivity contribution in [1.82, 2.24) is 8.75 Å². The lowest BCUT2D eigenvalue weighted by atomic mass is 10.1. The first kappa shape index (κ1) is 13.5. The van der Waals surface area contributed by atoms with Crippen molar-refractivity contribution in [3.8, 4) is 0 Å². The molecule has 1 aliphatic rings. The molecular weight excluding hydrogens is 272 g/mol. The molecule has 0 bridgehead atoms. The minimum absolute atomic E-state index is 0.0745. The molecule has 106 valence electrons. The third-order valence-electron chi connectivity index (χ3n) is 3.87. The van der Waals surface area contributed by atoms with Crippen molar-refractivity contribution in [1.29, 1.82) is 0 Å². The van der Waals surface area contributed by atoms with E-state index >= 15 is 0 Å². The molecule has 6 heteroatoms. The van der Waals surface area contributed by atoms with Gasteiger partial charge in [-0.05, 0) is 37.8 Å². The van der Waals surface area contributed by atoms with E-state index in [0.29, 0.717) is 6.54 Å². The first-order valence-corrected chi connectivity index (χ1v) is 7.82. The molecule has 0 atom stereocenters. The van der Waals surface area contributed by atoms with Crippen molar-refractivity contribution in [2.45, 2.75) is 26.2 Å². The molecule has 1 aromatic carbocycles. The fraction of sp³-hybridized carbons (Fsp3) is 0.500. The van der Waals surface area contributed by atoms with Crippen molar-refractivity contribution < 1.29 is 9.69 Å². The van der Waals surface area contributed by atoms with E-state index in [-0.39, 0.29) is 5.91 Å². The Morgan fingerprint density at radius 3 is 2.90 bits per heavy atom. The summed E-state index contributed by atoms with van der Waals surface area (Å²) in [6, 6.07) is 3.92. The highest BCUT2D eigenvalue weighted by molar-refractivity contribution is 7.00. The van der Waals surface area contributed by atoms with Gasteiger partial charge < -0.3 is 10.2 Å². The SMILES string of the molecule is Cc1ccc2nsnc2c1NC(=O)C[NH+]1CCCCC1. The summed E-state index contributed by atoms with van der Waals surface area (Å²) in [7, 11) is 0. The summed E-state index contributed by atoms with van der Waals surface area (Å²) in [5.74, 6) is 0.0745. The summed E-state index contributed by atoms with van der Waals surface area (Å²) in [5, 5.41) is 3.03. The lowest BCUT2D eigenvalue weighted by Crippen LogP contribution is -3.13. The second-order valence-electron chi connectivity index (χ2n) is 5.43. The number of carbonyl (C=O) groups is 1. The zero-order valence-corrected chi connectivity index (χ0v) is 12.4. The number of aromatic nitrogens is 2. The van der Waals surface area contributed by atoms with Gasteiger partial charge in [-0.1, -0.05) is 6.07 Å². The highest BCUT2D eigenvalue weighted by atomic mass is 32.1. The fourth-order valence-corrected chi connectivity index (χ4v) is 3.29. The van der Waals surface area contributed by atoms with Gasteiger partial charge in [0.15, 0.2) is 6.54 Å². The molecule has 20 heavy (non-hydrogen) atoms. The Labute approximate surface area is 122 Å². The number of fused-ring (bicyclic) bond motifs is 1. The van der Waals surface area contributed by atoms with E-state index in [0.717, 1.165) is 35.4 Å². The molecule has 0 spiro atoms. The Bertz CT molecular complexity index is 619. The molecule has 0 aliphatic carbocycles. The molecule has 2 aromatic rings. The van der Waals surface area contributed by atoms with Crippen LogP contribution in [0.15, 0.2) is 12.1 Å². The number of carbonyl (C=O) groups excluding carboxylic acids is 1. The summed E-state index contributed by atoms with van der Waals surface area (Å²) in [6.07, 6.45) is 3.76. The monoisotopic (exact) mass is 291 g/mol. The number of hydrogen-bond donors (Lipinski definition) is 2. The third kappa shape index (κ3) is 2.81. The van der Waals surface area contributed by atoms with Gasteiger partial charge in [0, 0.05) is 0 Å². The quantitative estimate of drug-likeness (QED) is 0.887. The molecule has 0 saturated carbocycles. The van der Waals surface area contributed by atoms with Crippen molar-refractivity contribution in [2.24, 2.45) is 0 Å². The van der Waals surface area contributed by atoms with E-state index in [9.17, 15) is 4.79 Å². The fourth-order valence-electron chi connectivity index (χ4n) is 2.75. The molecule has 1 amide bonds. The molecular formula is C14H19N4OS+. The van der Waals surface area contributed by atoms with E-state index in [2.05, 4.69) is 14.1 Å². The van der Waals surface area contributed by atoms with Gasteiger partial charge in [-0.3, -0.25) is 4.79 Å². The molecule has 2 heterocycles. The van der Waals surface area contributed by atoms with Crippen LogP contribution >= 0.6 is 11.7 Å². The molecule has 1 fully saturated rings. The van der Waals surface area contributed by atoms with Gasteiger partial charge >= 0.3 is 0 Å². The van der Waals surface area contributed by atoms with Crippen LogP contribution in [-0.4, -0.2) is 34.3 Å². The van der Waals surface area contributed by atoms with Gasteiger partial charge in [-0.2, -0.15) is 8.75 Å². The lowest BCUT2D eigenvalue weighted by molar-refractivity contribution is -0.896. The van der Waals surface area contributed by atoms with Crippen LogP contribution in [0.5, 0.6) is 0 Å². The largest absolute Gasteiger partial charge is 0.327 e. The average molecular weight is 291 g/mol. The van der Waals surface area contributed by atoms with E-state index in [1.807, 2.05) is 19.1 Å². The number of nitrogens with one attached hydrogen (secondary N) is 2. The Morgan fingerprint density at radius 2 is 2.10 bits per heavy atom. The summed E-state index contributed by atoms with van der Waals surface area (Å²) in [4.78, 5) is 13.6. The van der Waals surface area contributed by atoms with Crippen LogP contribution in [0.25, 0.3) is 11.0 Å². The summed E-state index contributed by atoms with van der Waals surface area (Å²) < 4.78 is 8.51. The van der Waals surface area contributed by atoms with Crippen molar-refractivity contribution in [3.63, 3.8) is 0 Å². The van der Waals surface area contributed by atoms with Crippen LogP contribution in [0.3, 0.4) is 0 Å². The normalized spacial score (nSPS) is 16.4. The van der Waals surface area contributed by atoms with Crippen LogP contribution in [0.2, 0.25) is 0 Å². The van der Waals surface area contributed by atoms with E-state index in [1.165, 1.54) is 35.9 Å². The number of piperidine rings is 1. The van der Waals surface area contributed by atoms with Crippen LogP contribution < -0.4 is 10.2 Å². The predicted octanol–water partition coefficient (Wildman–Crippen LogP) is 1.01. The standard InChI is InChI=1S/C14H18N4OS/c1-10-5-6-11-14(17-20-16-11)13(10)15-12(19)9-18-7-3-2-4-8-18/h5-6H,2-4,7-9H2,1H3,(H,15,19)/p+1. The van der Waals surface area contributed by atoms with Crippen LogP contribution in [0, 0.1) is 6.92 Å².